The van der Waals surface area contributed by atoms with E-state index in [-0.39, 0.29) is 5.91 Å². The molecular weight excluding hydrogens is 286 g/mol. The fraction of sp³-hybridized carbons (Fsp3) is 0.357. The smallest absolute Gasteiger partial charge is 0.241 e. The van der Waals surface area contributed by atoms with Crippen LogP contribution in [0.4, 0.5) is 5.69 Å². The Morgan fingerprint density at radius 3 is 2.67 bits per heavy atom. The van der Waals surface area contributed by atoms with Gasteiger partial charge in [-0.05, 0) is 36.6 Å². The SMILES string of the molecule is CC(C)C[C@H](N)C(=O)Nc1ccc(Sc2ncn[nH]2)cc1. The molecule has 1 aromatic carbocycles. The van der Waals surface area contributed by atoms with Gasteiger partial charge in [0.2, 0.25) is 5.91 Å². The highest BCUT2D eigenvalue weighted by Gasteiger charge is 2.14. The first-order valence-corrected chi connectivity index (χ1v) is 7.56. The van der Waals surface area contributed by atoms with Gasteiger partial charge in [-0.1, -0.05) is 25.6 Å². The van der Waals surface area contributed by atoms with Crippen molar-refractivity contribution >= 4 is 23.4 Å². The molecule has 2 aromatic rings. The van der Waals surface area contributed by atoms with E-state index in [1.54, 1.807) is 0 Å². The van der Waals surface area contributed by atoms with Crippen molar-refractivity contribution in [3.63, 3.8) is 0 Å². The van der Waals surface area contributed by atoms with E-state index in [9.17, 15) is 4.79 Å². The lowest BCUT2D eigenvalue weighted by Crippen LogP contribution is -2.36. The number of hydrogen-bond donors (Lipinski definition) is 3. The number of rotatable bonds is 6. The fourth-order valence-corrected chi connectivity index (χ4v) is 2.50. The van der Waals surface area contributed by atoms with Crippen LogP contribution in [-0.4, -0.2) is 27.1 Å². The van der Waals surface area contributed by atoms with Gasteiger partial charge in [-0.2, -0.15) is 5.10 Å². The van der Waals surface area contributed by atoms with E-state index >= 15 is 0 Å². The van der Waals surface area contributed by atoms with Crippen molar-refractivity contribution < 1.29 is 4.79 Å². The van der Waals surface area contributed by atoms with E-state index in [1.807, 2.05) is 38.1 Å². The highest BCUT2D eigenvalue weighted by atomic mass is 32.2. The summed E-state index contributed by atoms with van der Waals surface area (Å²) in [7, 11) is 0. The molecule has 0 bridgehead atoms. The number of nitrogens with zero attached hydrogens (tertiary/aromatic N) is 2. The lowest BCUT2D eigenvalue weighted by Gasteiger charge is -2.14. The number of carbonyl (C=O) groups is 1. The molecular formula is C14H19N5OS. The minimum Gasteiger partial charge on any atom is -0.325 e. The Morgan fingerprint density at radius 2 is 2.10 bits per heavy atom. The number of anilines is 1. The number of aromatic amines is 1. The largest absolute Gasteiger partial charge is 0.325 e. The van der Waals surface area contributed by atoms with E-state index in [4.69, 9.17) is 5.73 Å². The zero-order valence-corrected chi connectivity index (χ0v) is 12.9. The van der Waals surface area contributed by atoms with Crippen LogP contribution in [-0.2, 0) is 4.79 Å². The van der Waals surface area contributed by atoms with Crippen LogP contribution in [0, 0.1) is 5.92 Å². The van der Waals surface area contributed by atoms with Crippen molar-refractivity contribution in [3.05, 3.63) is 30.6 Å². The third kappa shape index (κ3) is 4.87. The Morgan fingerprint density at radius 1 is 1.38 bits per heavy atom. The maximum atomic E-state index is 11.9. The first-order chi connectivity index (χ1) is 10.0. The summed E-state index contributed by atoms with van der Waals surface area (Å²) in [5, 5.41) is 10.1. The molecule has 0 aliphatic carbocycles. The summed E-state index contributed by atoms with van der Waals surface area (Å²) in [4.78, 5) is 17.0. The van der Waals surface area contributed by atoms with Gasteiger partial charge in [0.1, 0.15) is 6.33 Å². The maximum Gasteiger partial charge on any atom is 0.241 e. The van der Waals surface area contributed by atoms with Crippen LogP contribution in [0.2, 0.25) is 0 Å². The molecule has 112 valence electrons. The van der Waals surface area contributed by atoms with Gasteiger partial charge in [-0.15, -0.1) is 0 Å². The molecule has 0 spiro atoms. The normalized spacial score (nSPS) is 12.4. The quantitative estimate of drug-likeness (QED) is 0.760. The van der Waals surface area contributed by atoms with Crippen molar-refractivity contribution in [3.8, 4) is 0 Å². The predicted molar refractivity (Wildman–Crippen MR) is 83.0 cm³/mol. The summed E-state index contributed by atoms with van der Waals surface area (Å²) < 4.78 is 0. The lowest BCUT2D eigenvalue weighted by molar-refractivity contribution is -0.117. The molecule has 7 heteroatoms. The molecule has 0 fully saturated rings. The Labute approximate surface area is 127 Å². The Hall–Kier alpha value is -1.86. The van der Waals surface area contributed by atoms with Gasteiger partial charge in [0.15, 0.2) is 5.16 Å². The van der Waals surface area contributed by atoms with Gasteiger partial charge >= 0.3 is 0 Å². The van der Waals surface area contributed by atoms with E-state index in [1.165, 1.54) is 18.1 Å². The first kappa shape index (κ1) is 15.5. The van der Waals surface area contributed by atoms with Crippen LogP contribution >= 0.6 is 11.8 Å². The molecule has 2 rings (SSSR count). The molecule has 0 saturated heterocycles. The third-order valence-electron chi connectivity index (χ3n) is 2.79. The van der Waals surface area contributed by atoms with Crippen LogP contribution < -0.4 is 11.1 Å². The van der Waals surface area contributed by atoms with Gasteiger partial charge in [0, 0.05) is 10.6 Å². The molecule has 6 nitrogen and oxygen atoms in total. The number of H-pyrrole nitrogens is 1. The van der Waals surface area contributed by atoms with Crippen molar-refractivity contribution in [2.75, 3.05) is 5.32 Å². The Balaban J connectivity index is 1.91. The predicted octanol–water partition coefficient (Wildman–Crippen LogP) is 2.27. The minimum atomic E-state index is -0.478. The van der Waals surface area contributed by atoms with Gasteiger partial charge in [-0.3, -0.25) is 9.89 Å². The zero-order valence-electron chi connectivity index (χ0n) is 12.0. The van der Waals surface area contributed by atoms with Gasteiger partial charge in [0.25, 0.3) is 0 Å². The fourth-order valence-electron chi connectivity index (χ4n) is 1.81. The molecule has 0 radical (unpaired) electrons. The molecule has 0 unspecified atom stereocenters. The summed E-state index contributed by atoms with van der Waals surface area (Å²) in [6.07, 6.45) is 2.14. The molecule has 1 heterocycles. The number of aromatic nitrogens is 3. The number of benzene rings is 1. The number of nitrogens with two attached hydrogens (primary N) is 1. The van der Waals surface area contributed by atoms with Crippen molar-refractivity contribution in [2.24, 2.45) is 11.7 Å². The van der Waals surface area contributed by atoms with Crippen LogP contribution in [0.1, 0.15) is 20.3 Å². The summed E-state index contributed by atoms with van der Waals surface area (Å²) in [5.41, 5.74) is 6.59. The van der Waals surface area contributed by atoms with Crippen molar-refractivity contribution in [1.29, 1.82) is 0 Å². The van der Waals surface area contributed by atoms with Crippen molar-refractivity contribution in [2.45, 2.75) is 36.4 Å². The lowest BCUT2D eigenvalue weighted by atomic mass is 10.0. The molecule has 0 aliphatic heterocycles. The number of hydrogen-bond acceptors (Lipinski definition) is 5. The molecule has 1 atom stereocenters. The monoisotopic (exact) mass is 305 g/mol. The van der Waals surface area contributed by atoms with Crippen LogP contribution in [0.25, 0.3) is 0 Å². The molecule has 1 aromatic heterocycles. The topological polar surface area (TPSA) is 96.7 Å². The zero-order chi connectivity index (χ0) is 15.2. The average Bonchev–Trinajstić information content (AvgIpc) is 2.93. The van der Waals surface area contributed by atoms with E-state index in [0.717, 1.165) is 15.7 Å². The number of carbonyl (C=O) groups excluding carboxylic acids is 1. The second kappa shape index (κ2) is 7.24. The second-order valence-electron chi connectivity index (χ2n) is 5.14. The highest BCUT2D eigenvalue weighted by molar-refractivity contribution is 7.99. The second-order valence-corrected chi connectivity index (χ2v) is 6.20. The summed E-state index contributed by atoms with van der Waals surface area (Å²) in [6, 6.07) is 7.04. The third-order valence-corrected chi connectivity index (χ3v) is 3.69. The van der Waals surface area contributed by atoms with Crippen LogP contribution in [0.3, 0.4) is 0 Å². The van der Waals surface area contributed by atoms with Gasteiger partial charge in [-0.25, -0.2) is 4.98 Å². The van der Waals surface area contributed by atoms with E-state index in [2.05, 4.69) is 20.5 Å². The number of amides is 1. The van der Waals surface area contributed by atoms with Gasteiger partial charge < -0.3 is 11.1 Å². The van der Waals surface area contributed by atoms with Gasteiger partial charge in [0.05, 0.1) is 6.04 Å². The maximum absolute atomic E-state index is 11.9. The van der Waals surface area contributed by atoms with Crippen LogP contribution in [0.15, 0.2) is 40.6 Å². The molecule has 4 N–H and O–H groups in total. The summed E-state index contributed by atoms with van der Waals surface area (Å²) in [6.45, 7) is 4.09. The molecule has 1 amide bonds. The standard InChI is InChI=1S/C14H19N5OS/c1-9(2)7-12(15)13(20)18-10-3-5-11(6-4-10)21-14-16-8-17-19-14/h3-6,8-9,12H,7,15H2,1-2H3,(H,18,20)(H,16,17,19)/t12-/m0/s1. The van der Waals surface area contributed by atoms with E-state index in [0.29, 0.717) is 12.3 Å². The van der Waals surface area contributed by atoms with E-state index < -0.39 is 6.04 Å². The van der Waals surface area contributed by atoms with Crippen molar-refractivity contribution in [1.82, 2.24) is 15.2 Å². The molecule has 21 heavy (non-hydrogen) atoms. The molecule has 0 aliphatic rings. The highest BCUT2D eigenvalue weighted by Crippen LogP contribution is 2.25. The Kier molecular flexibility index (Phi) is 5.35. The number of nitrogens with one attached hydrogen (secondary N) is 2. The minimum absolute atomic E-state index is 0.153. The first-order valence-electron chi connectivity index (χ1n) is 6.74. The van der Waals surface area contributed by atoms with Crippen LogP contribution in [0.5, 0.6) is 0 Å². The Bertz CT molecular complexity index is 568. The summed E-state index contributed by atoms with van der Waals surface area (Å²) in [5.74, 6) is 0.241. The average molecular weight is 305 g/mol. The molecule has 0 saturated carbocycles. The summed E-state index contributed by atoms with van der Waals surface area (Å²) >= 11 is 1.47.